The minimum atomic E-state index is 0.703. The standard InChI is InChI=1S/C17H23N3O/c1-19(12-17-7-10-21-14-17)11-15-3-5-16(6-4-15)13-20-9-2-8-18-20/h2-6,8-9,17H,7,10-14H2,1H3/t17-/m1/s1. The van der Waals surface area contributed by atoms with Gasteiger partial charge in [0.25, 0.3) is 0 Å². The van der Waals surface area contributed by atoms with Crippen molar-refractivity contribution in [3.63, 3.8) is 0 Å². The highest BCUT2D eigenvalue weighted by molar-refractivity contribution is 5.22. The highest BCUT2D eigenvalue weighted by Crippen LogP contribution is 2.15. The van der Waals surface area contributed by atoms with Crippen LogP contribution in [-0.2, 0) is 17.8 Å². The topological polar surface area (TPSA) is 30.3 Å². The van der Waals surface area contributed by atoms with Crippen molar-refractivity contribution in [3.05, 3.63) is 53.9 Å². The van der Waals surface area contributed by atoms with Gasteiger partial charge in [-0.1, -0.05) is 24.3 Å². The van der Waals surface area contributed by atoms with Gasteiger partial charge in [-0.3, -0.25) is 4.68 Å². The van der Waals surface area contributed by atoms with E-state index in [1.54, 1.807) is 0 Å². The largest absolute Gasteiger partial charge is 0.381 e. The van der Waals surface area contributed by atoms with E-state index in [0.717, 1.165) is 32.8 Å². The SMILES string of the molecule is CN(Cc1ccc(Cn2cccn2)cc1)C[C@H]1CCOC1. The number of hydrogen-bond acceptors (Lipinski definition) is 3. The van der Waals surface area contributed by atoms with Crippen LogP contribution in [-0.4, -0.2) is 41.5 Å². The molecule has 0 saturated carbocycles. The molecule has 0 spiro atoms. The van der Waals surface area contributed by atoms with Gasteiger partial charge in [-0.15, -0.1) is 0 Å². The molecule has 1 saturated heterocycles. The van der Waals surface area contributed by atoms with Crippen molar-refractivity contribution in [3.8, 4) is 0 Å². The van der Waals surface area contributed by atoms with Crippen molar-refractivity contribution in [2.75, 3.05) is 26.8 Å². The van der Waals surface area contributed by atoms with Gasteiger partial charge in [0, 0.05) is 32.1 Å². The van der Waals surface area contributed by atoms with Crippen molar-refractivity contribution in [1.82, 2.24) is 14.7 Å². The lowest BCUT2D eigenvalue weighted by Crippen LogP contribution is -2.25. The zero-order chi connectivity index (χ0) is 14.5. The van der Waals surface area contributed by atoms with Gasteiger partial charge in [0.2, 0.25) is 0 Å². The molecule has 4 heteroatoms. The van der Waals surface area contributed by atoms with Crippen LogP contribution in [0, 0.1) is 5.92 Å². The van der Waals surface area contributed by atoms with Crippen LogP contribution in [0.1, 0.15) is 17.5 Å². The summed E-state index contributed by atoms with van der Waals surface area (Å²) in [6, 6.07) is 10.8. The van der Waals surface area contributed by atoms with E-state index in [1.807, 2.05) is 23.1 Å². The Morgan fingerprint density at radius 1 is 1.29 bits per heavy atom. The Bertz CT molecular complexity index is 530. The van der Waals surface area contributed by atoms with Crippen LogP contribution in [0.3, 0.4) is 0 Å². The first kappa shape index (κ1) is 14.3. The molecule has 1 aliphatic heterocycles. The minimum absolute atomic E-state index is 0.703. The van der Waals surface area contributed by atoms with Gasteiger partial charge in [-0.2, -0.15) is 5.10 Å². The lowest BCUT2D eigenvalue weighted by Gasteiger charge is -2.20. The van der Waals surface area contributed by atoms with E-state index in [1.165, 1.54) is 17.5 Å². The maximum atomic E-state index is 5.44. The van der Waals surface area contributed by atoms with E-state index >= 15 is 0 Å². The molecular formula is C17H23N3O. The number of hydrogen-bond donors (Lipinski definition) is 0. The average molecular weight is 285 g/mol. The smallest absolute Gasteiger partial charge is 0.0659 e. The molecule has 1 aliphatic rings. The van der Waals surface area contributed by atoms with Gasteiger partial charge in [0.1, 0.15) is 0 Å². The summed E-state index contributed by atoms with van der Waals surface area (Å²) in [6.45, 7) is 4.81. The number of rotatable bonds is 6. The normalized spacial score (nSPS) is 18.5. The predicted octanol–water partition coefficient (Wildman–Crippen LogP) is 2.40. The molecule has 0 amide bonds. The molecule has 1 aromatic carbocycles. The van der Waals surface area contributed by atoms with Crippen LogP contribution < -0.4 is 0 Å². The molecule has 2 aromatic rings. The summed E-state index contributed by atoms with van der Waals surface area (Å²) in [5.41, 5.74) is 2.65. The molecule has 0 radical (unpaired) electrons. The third-order valence-electron chi connectivity index (χ3n) is 3.97. The Kier molecular flexibility index (Phi) is 4.68. The Morgan fingerprint density at radius 3 is 2.76 bits per heavy atom. The van der Waals surface area contributed by atoms with E-state index in [2.05, 4.69) is 41.3 Å². The first-order valence-electron chi connectivity index (χ1n) is 7.61. The van der Waals surface area contributed by atoms with Crippen molar-refractivity contribution in [1.29, 1.82) is 0 Å². The van der Waals surface area contributed by atoms with Crippen LogP contribution in [0.2, 0.25) is 0 Å². The molecule has 3 rings (SSSR count). The van der Waals surface area contributed by atoms with Crippen molar-refractivity contribution in [2.24, 2.45) is 5.92 Å². The summed E-state index contributed by atoms with van der Waals surface area (Å²) < 4.78 is 7.38. The number of aromatic nitrogens is 2. The maximum Gasteiger partial charge on any atom is 0.0659 e. The fraction of sp³-hybridized carbons (Fsp3) is 0.471. The maximum absolute atomic E-state index is 5.44. The molecule has 112 valence electrons. The Morgan fingerprint density at radius 2 is 2.10 bits per heavy atom. The van der Waals surface area contributed by atoms with E-state index < -0.39 is 0 Å². The van der Waals surface area contributed by atoms with Crippen LogP contribution in [0.4, 0.5) is 0 Å². The number of nitrogens with zero attached hydrogens (tertiary/aromatic N) is 3. The minimum Gasteiger partial charge on any atom is -0.381 e. The third-order valence-corrected chi connectivity index (χ3v) is 3.97. The molecular weight excluding hydrogens is 262 g/mol. The van der Waals surface area contributed by atoms with E-state index in [0.29, 0.717) is 5.92 Å². The van der Waals surface area contributed by atoms with Gasteiger partial charge in [-0.25, -0.2) is 0 Å². The van der Waals surface area contributed by atoms with Gasteiger partial charge in [-0.05, 0) is 36.6 Å². The lowest BCUT2D eigenvalue weighted by molar-refractivity contribution is 0.173. The second-order valence-electron chi connectivity index (χ2n) is 5.95. The van der Waals surface area contributed by atoms with Gasteiger partial charge in [0.15, 0.2) is 0 Å². The van der Waals surface area contributed by atoms with Gasteiger partial charge >= 0.3 is 0 Å². The molecule has 0 aliphatic carbocycles. The molecule has 0 unspecified atom stereocenters. The zero-order valence-corrected chi connectivity index (χ0v) is 12.6. The van der Waals surface area contributed by atoms with Crippen LogP contribution in [0.5, 0.6) is 0 Å². The molecule has 0 bridgehead atoms. The van der Waals surface area contributed by atoms with Crippen LogP contribution in [0.25, 0.3) is 0 Å². The Hall–Kier alpha value is -1.65. The first-order chi connectivity index (χ1) is 10.3. The number of ether oxygens (including phenoxy) is 1. The fourth-order valence-electron chi connectivity index (χ4n) is 2.88. The summed E-state index contributed by atoms with van der Waals surface area (Å²) in [6.07, 6.45) is 5.01. The summed E-state index contributed by atoms with van der Waals surface area (Å²) >= 11 is 0. The summed E-state index contributed by atoms with van der Waals surface area (Å²) in [4.78, 5) is 2.39. The second-order valence-corrected chi connectivity index (χ2v) is 5.95. The van der Waals surface area contributed by atoms with Crippen molar-refractivity contribution in [2.45, 2.75) is 19.5 Å². The number of benzene rings is 1. The molecule has 0 N–H and O–H groups in total. The lowest BCUT2D eigenvalue weighted by atomic mass is 10.1. The van der Waals surface area contributed by atoms with Crippen molar-refractivity contribution < 1.29 is 4.74 Å². The summed E-state index contributed by atoms with van der Waals surface area (Å²) in [5.74, 6) is 0.703. The molecule has 1 atom stereocenters. The predicted molar refractivity (Wildman–Crippen MR) is 83.0 cm³/mol. The Balaban J connectivity index is 1.51. The van der Waals surface area contributed by atoms with Crippen LogP contribution >= 0.6 is 0 Å². The molecule has 21 heavy (non-hydrogen) atoms. The third kappa shape index (κ3) is 4.16. The summed E-state index contributed by atoms with van der Waals surface area (Å²) in [5, 5.41) is 4.24. The highest BCUT2D eigenvalue weighted by atomic mass is 16.5. The second kappa shape index (κ2) is 6.87. The Labute approximate surface area is 126 Å². The fourth-order valence-corrected chi connectivity index (χ4v) is 2.88. The van der Waals surface area contributed by atoms with E-state index in [4.69, 9.17) is 4.74 Å². The van der Waals surface area contributed by atoms with Gasteiger partial charge < -0.3 is 9.64 Å². The molecule has 1 fully saturated rings. The average Bonchev–Trinajstić information content (AvgIpc) is 3.14. The van der Waals surface area contributed by atoms with Crippen LogP contribution in [0.15, 0.2) is 42.7 Å². The highest BCUT2D eigenvalue weighted by Gasteiger charge is 2.17. The quantitative estimate of drug-likeness (QED) is 0.816. The van der Waals surface area contributed by atoms with E-state index in [9.17, 15) is 0 Å². The first-order valence-corrected chi connectivity index (χ1v) is 7.61. The zero-order valence-electron chi connectivity index (χ0n) is 12.6. The van der Waals surface area contributed by atoms with Gasteiger partial charge in [0.05, 0.1) is 13.2 Å². The van der Waals surface area contributed by atoms with E-state index in [-0.39, 0.29) is 0 Å². The van der Waals surface area contributed by atoms with Crippen molar-refractivity contribution >= 4 is 0 Å². The molecule has 1 aromatic heterocycles. The molecule has 2 heterocycles. The molecule has 4 nitrogen and oxygen atoms in total. The monoisotopic (exact) mass is 285 g/mol. The summed E-state index contributed by atoms with van der Waals surface area (Å²) in [7, 11) is 2.19.